The van der Waals surface area contributed by atoms with Gasteiger partial charge in [0.05, 0.1) is 13.2 Å². The Morgan fingerprint density at radius 2 is 2.33 bits per heavy atom. The largest absolute Gasteiger partial charge is 0.383 e. The lowest BCUT2D eigenvalue weighted by Gasteiger charge is -2.13. The van der Waals surface area contributed by atoms with Gasteiger partial charge in [0.2, 0.25) is 5.89 Å². The third-order valence-corrected chi connectivity index (χ3v) is 2.81. The van der Waals surface area contributed by atoms with E-state index >= 15 is 0 Å². The lowest BCUT2D eigenvalue weighted by Crippen LogP contribution is -2.35. The number of rotatable bonds is 7. The average molecular weight is 296 g/mol. The molecule has 0 spiro atoms. The van der Waals surface area contributed by atoms with Crippen molar-refractivity contribution in [1.29, 1.82) is 0 Å². The molecule has 0 radical (unpaired) electrons. The van der Waals surface area contributed by atoms with Crippen molar-refractivity contribution in [3.63, 3.8) is 0 Å². The summed E-state index contributed by atoms with van der Waals surface area (Å²) in [6.07, 6.45) is 1.72. The average Bonchev–Trinajstić information content (AvgIpc) is 2.95. The van der Waals surface area contributed by atoms with Crippen LogP contribution in [0, 0.1) is 0 Å². The van der Waals surface area contributed by atoms with Gasteiger partial charge in [-0.2, -0.15) is 4.98 Å². The quantitative estimate of drug-likeness (QED) is 0.578. The summed E-state index contributed by atoms with van der Waals surface area (Å²) in [7, 11) is 1.51. The Hall–Kier alpha value is -2.62. The summed E-state index contributed by atoms with van der Waals surface area (Å²) in [5.74, 6) is 0.497. The van der Waals surface area contributed by atoms with E-state index in [0.29, 0.717) is 25.5 Å². The number of aromatic nitrogens is 4. The first-order valence-corrected chi connectivity index (χ1v) is 6.24. The second kappa shape index (κ2) is 6.70. The number of nitrogens with zero attached hydrogens (tertiary/aromatic N) is 3. The highest BCUT2D eigenvalue weighted by molar-refractivity contribution is 5.60. The van der Waals surface area contributed by atoms with Crippen LogP contribution >= 0.6 is 0 Å². The molecule has 10 heteroatoms. The summed E-state index contributed by atoms with van der Waals surface area (Å²) in [5, 5.41) is 6.34. The summed E-state index contributed by atoms with van der Waals surface area (Å²) < 4.78 is 11.0. The maximum atomic E-state index is 11.8. The van der Waals surface area contributed by atoms with Crippen LogP contribution in [0.2, 0.25) is 0 Å². The van der Waals surface area contributed by atoms with Crippen LogP contribution in [0.4, 0.5) is 11.5 Å². The minimum atomic E-state index is -0.573. The molecule has 2 heterocycles. The smallest absolute Gasteiger partial charge is 0.330 e. The topological polar surface area (TPSA) is 141 Å². The molecular weight excluding hydrogens is 280 g/mol. The lowest BCUT2D eigenvalue weighted by atomic mass is 10.3. The molecule has 0 saturated heterocycles. The van der Waals surface area contributed by atoms with Crippen molar-refractivity contribution in [3.05, 3.63) is 33.1 Å². The van der Waals surface area contributed by atoms with Crippen molar-refractivity contribution in [1.82, 2.24) is 19.7 Å². The summed E-state index contributed by atoms with van der Waals surface area (Å²) in [4.78, 5) is 29.5. The molecule has 0 saturated carbocycles. The van der Waals surface area contributed by atoms with Gasteiger partial charge in [0, 0.05) is 20.1 Å². The fourth-order valence-corrected chi connectivity index (χ4v) is 1.76. The van der Waals surface area contributed by atoms with Crippen molar-refractivity contribution in [2.75, 3.05) is 31.3 Å². The van der Waals surface area contributed by atoms with Crippen LogP contribution in [-0.4, -0.2) is 40.0 Å². The third-order valence-electron chi connectivity index (χ3n) is 2.81. The van der Waals surface area contributed by atoms with Gasteiger partial charge in [0.15, 0.2) is 6.33 Å². The number of nitrogen functional groups attached to an aromatic ring is 1. The second-order valence-electron chi connectivity index (χ2n) is 4.18. The Morgan fingerprint density at radius 1 is 1.52 bits per heavy atom. The SMILES string of the molecule is COCCn1c(N)c(NCCc2ncno2)c(=O)[nH]c1=O. The third kappa shape index (κ3) is 3.48. The van der Waals surface area contributed by atoms with Gasteiger partial charge in [0.1, 0.15) is 11.5 Å². The fourth-order valence-electron chi connectivity index (χ4n) is 1.76. The number of hydrogen-bond donors (Lipinski definition) is 3. The number of ether oxygens (including phenoxy) is 1. The van der Waals surface area contributed by atoms with E-state index < -0.39 is 11.2 Å². The van der Waals surface area contributed by atoms with Gasteiger partial charge in [-0.3, -0.25) is 14.3 Å². The van der Waals surface area contributed by atoms with Gasteiger partial charge >= 0.3 is 5.69 Å². The molecule has 0 bridgehead atoms. The molecule has 0 fully saturated rings. The number of H-pyrrole nitrogens is 1. The second-order valence-corrected chi connectivity index (χ2v) is 4.18. The molecule has 0 atom stereocenters. The van der Waals surface area contributed by atoms with E-state index in [0.717, 1.165) is 0 Å². The minimum Gasteiger partial charge on any atom is -0.383 e. The van der Waals surface area contributed by atoms with E-state index in [1.54, 1.807) is 0 Å². The zero-order chi connectivity index (χ0) is 15.2. The molecule has 4 N–H and O–H groups in total. The standard InChI is InChI=1S/C11H16N6O4/c1-20-5-4-17-9(12)8(10(18)16-11(17)19)13-3-2-7-14-6-15-21-7/h6,13H,2-5,12H2,1H3,(H,16,18,19). The van der Waals surface area contributed by atoms with E-state index in [4.69, 9.17) is 15.0 Å². The highest BCUT2D eigenvalue weighted by Crippen LogP contribution is 2.09. The van der Waals surface area contributed by atoms with Crippen molar-refractivity contribution >= 4 is 11.5 Å². The maximum Gasteiger partial charge on any atom is 0.330 e. The van der Waals surface area contributed by atoms with Crippen LogP contribution in [0.15, 0.2) is 20.4 Å². The highest BCUT2D eigenvalue weighted by atomic mass is 16.5. The summed E-state index contributed by atoms with van der Waals surface area (Å²) in [5.41, 5.74) is 4.84. The normalized spacial score (nSPS) is 10.7. The van der Waals surface area contributed by atoms with Crippen molar-refractivity contribution in [2.24, 2.45) is 0 Å². The Morgan fingerprint density at radius 3 is 3.00 bits per heavy atom. The van der Waals surface area contributed by atoms with Crippen molar-refractivity contribution < 1.29 is 9.26 Å². The monoisotopic (exact) mass is 296 g/mol. The van der Waals surface area contributed by atoms with E-state index in [-0.39, 0.29) is 18.1 Å². The predicted molar refractivity (Wildman–Crippen MR) is 74.1 cm³/mol. The Balaban J connectivity index is 2.14. The zero-order valence-corrected chi connectivity index (χ0v) is 11.5. The van der Waals surface area contributed by atoms with E-state index in [9.17, 15) is 9.59 Å². The zero-order valence-electron chi connectivity index (χ0n) is 11.5. The Kier molecular flexibility index (Phi) is 4.72. The fraction of sp³-hybridized carbons (Fsp3) is 0.455. The summed E-state index contributed by atoms with van der Waals surface area (Å²) in [6, 6.07) is 0. The molecule has 2 rings (SSSR count). The first kappa shape index (κ1) is 14.8. The number of methoxy groups -OCH3 is 1. The Bertz CT molecular complexity index is 690. The van der Waals surface area contributed by atoms with E-state index in [2.05, 4.69) is 20.4 Å². The molecular formula is C11H16N6O4. The van der Waals surface area contributed by atoms with Crippen LogP contribution in [0.25, 0.3) is 0 Å². The van der Waals surface area contributed by atoms with Gasteiger partial charge in [-0.15, -0.1) is 0 Å². The Labute approximate surface area is 118 Å². The predicted octanol–water partition coefficient (Wildman–Crippen LogP) is -1.20. The van der Waals surface area contributed by atoms with Crippen LogP contribution < -0.4 is 22.3 Å². The number of aromatic amines is 1. The minimum absolute atomic E-state index is 0.0614. The number of nitrogens with two attached hydrogens (primary N) is 1. The van der Waals surface area contributed by atoms with E-state index in [1.807, 2.05) is 0 Å². The molecule has 0 unspecified atom stereocenters. The molecule has 10 nitrogen and oxygen atoms in total. The van der Waals surface area contributed by atoms with Crippen LogP contribution in [0.1, 0.15) is 5.89 Å². The summed E-state index contributed by atoms with van der Waals surface area (Å²) >= 11 is 0. The van der Waals surface area contributed by atoms with E-state index in [1.165, 1.54) is 18.0 Å². The van der Waals surface area contributed by atoms with Gasteiger partial charge in [0.25, 0.3) is 5.56 Å². The molecule has 0 aliphatic rings. The molecule has 0 aliphatic carbocycles. The van der Waals surface area contributed by atoms with Crippen molar-refractivity contribution in [3.8, 4) is 0 Å². The first-order valence-electron chi connectivity index (χ1n) is 6.24. The van der Waals surface area contributed by atoms with Crippen LogP contribution in [0.3, 0.4) is 0 Å². The maximum absolute atomic E-state index is 11.8. The molecule has 114 valence electrons. The number of anilines is 2. The lowest BCUT2D eigenvalue weighted by molar-refractivity contribution is 0.186. The van der Waals surface area contributed by atoms with Gasteiger partial charge in [-0.25, -0.2) is 4.79 Å². The molecule has 0 aromatic carbocycles. The highest BCUT2D eigenvalue weighted by Gasteiger charge is 2.12. The van der Waals surface area contributed by atoms with Gasteiger partial charge in [-0.05, 0) is 0 Å². The van der Waals surface area contributed by atoms with Crippen LogP contribution in [-0.2, 0) is 17.7 Å². The first-order chi connectivity index (χ1) is 10.1. The molecule has 2 aromatic heterocycles. The molecule has 0 aliphatic heterocycles. The summed E-state index contributed by atoms with van der Waals surface area (Å²) in [6.45, 7) is 0.909. The van der Waals surface area contributed by atoms with Crippen molar-refractivity contribution in [2.45, 2.75) is 13.0 Å². The van der Waals surface area contributed by atoms with Gasteiger partial charge < -0.3 is 20.3 Å². The molecule has 0 amide bonds. The molecule has 2 aromatic rings. The van der Waals surface area contributed by atoms with Gasteiger partial charge in [-0.1, -0.05) is 5.16 Å². The number of hydrogen-bond acceptors (Lipinski definition) is 8. The van der Waals surface area contributed by atoms with Crippen LogP contribution in [0.5, 0.6) is 0 Å². The number of nitrogens with one attached hydrogen (secondary N) is 2. The molecule has 21 heavy (non-hydrogen) atoms.